The minimum Gasteiger partial charge on any atom is -0.309 e. The van der Waals surface area contributed by atoms with E-state index in [0.29, 0.717) is 0 Å². The minimum absolute atomic E-state index is 0.106. The standard InChI is InChI=1S/C33H24ClN/c1-33(2)27-14-8-6-13-25(27)32-28(33)19-23(34)20-31(32)35-29-15-9-7-12-24(29)26-18-22(16-17-30(26)35)21-10-4-3-5-11-21/h3-20H,1-2H3. The number of benzene rings is 5. The average Bonchev–Trinajstić information content (AvgIpc) is 3.33. The van der Waals surface area contributed by atoms with E-state index < -0.39 is 0 Å². The summed E-state index contributed by atoms with van der Waals surface area (Å²) in [6.45, 7) is 4.60. The van der Waals surface area contributed by atoms with Crippen LogP contribution in [0.2, 0.25) is 5.02 Å². The molecule has 5 aromatic carbocycles. The lowest BCUT2D eigenvalue weighted by atomic mass is 9.82. The van der Waals surface area contributed by atoms with E-state index in [4.69, 9.17) is 11.6 Å². The molecule has 0 radical (unpaired) electrons. The fraction of sp³-hybridized carbons (Fsp3) is 0.0909. The highest BCUT2D eigenvalue weighted by molar-refractivity contribution is 6.31. The number of rotatable bonds is 2. The smallest absolute Gasteiger partial charge is 0.0558 e. The van der Waals surface area contributed by atoms with Gasteiger partial charge in [-0.25, -0.2) is 0 Å². The topological polar surface area (TPSA) is 4.93 Å². The summed E-state index contributed by atoms with van der Waals surface area (Å²) in [5.74, 6) is 0. The van der Waals surface area contributed by atoms with Crippen molar-refractivity contribution < 1.29 is 0 Å². The molecule has 0 fully saturated rings. The van der Waals surface area contributed by atoms with Crippen LogP contribution < -0.4 is 0 Å². The van der Waals surface area contributed by atoms with Crippen LogP contribution in [-0.4, -0.2) is 4.57 Å². The lowest BCUT2D eigenvalue weighted by molar-refractivity contribution is 0.660. The molecule has 1 aliphatic rings. The van der Waals surface area contributed by atoms with Gasteiger partial charge < -0.3 is 4.57 Å². The van der Waals surface area contributed by atoms with Crippen LogP contribution in [0.5, 0.6) is 0 Å². The predicted molar refractivity (Wildman–Crippen MR) is 149 cm³/mol. The summed E-state index contributed by atoms with van der Waals surface area (Å²) >= 11 is 6.81. The van der Waals surface area contributed by atoms with Gasteiger partial charge in [-0.05, 0) is 58.1 Å². The second kappa shape index (κ2) is 7.34. The number of fused-ring (bicyclic) bond motifs is 6. The second-order valence-corrected chi connectivity index (χ2v) is 10.4. The van der Waals surface area contributed by atoms with Crippen molar-refractivity contribution >= 4 is 33.4 Å². The zero-order valence-electron chi connectivity index (χ0n) is 19.7. The third-order valence-corrected chi connectivity index (χ3v) is 7.86. The first-order valence-electron chi connectivity index (χ1n) is 12.1. The Labute approximate surface area is 210 Å². The fourth-order valence-electron chi connectivity index (χ4n) is 5.98. The Hall–Kier alpha value is -3.81. The van der Waals surface area contributed by atoms with Gasteiger partial charge in [-0.3, -0.25) is 0 Å². The lowest BCUT2D eigenvalue weighted by Crippen LogP contribution is -2.15. The molecule has 0 unspecified atom stereocenters. The van der Waals surface area contributed by atoms with Crippen LogP contribution in [0.25, 0.3) is 49.7 Å². The Kier molecular flexibility index (Phi) is 4.31. The van der Waals surface area contributed by atoms with Crippen molar-refractivity contribution in [3.05, 3.63) is 125 Å². The number of aromatic nitrogens is 1. The highest BCUT2D eigenvalue weighted by atomic mass is 35.5. The SMILES string of the molecule is CC1(C)c2ccccc2-c2c(-n3c4ccccc4c4cc(-c5ccccc5)ccc43)cc(Cl)cc21. The summed E-state index contributed by atoms with van der Waals surface area (Å²) in [7, 11) is 0. The van der Waals surface area contributed by atoms with Crippen LogP contribution in [0.1, 0.15) is 25.0 Å². The summed E-state index contributed by atoms with van der Waals surface area (Å²) in [4.78, 5) is 0. The summed E-state index contributed by atoms with van der Waals surface area (Å²) in [5.41, 5.74) is 11.1. The summed E-state index contributed by atoms with van der Waals surface area (Å²) in [5, 5.41) is 3.27. The highest BCUT2D eigenvalue weighted by Crippen LogP contribution is 2.52. The van der Waals surface area contributed by atoms with Gasteiger partial charge in [0, 0.05) is 26.8 Å². The van der Waals surface area contributed by atoms with Crippen LogP contribution in [0.15, 0.2) is 109 Å². The van der Waals surface area contributed by atoms with E-state index in [1.165, 1.54) is 55.2 Å². The van der Waals surface area contributed by atoms with Crippen LogP contribution in [-0.2, 0) is 5.41 Å². The van der Waals surface area contributed by atoms with Gasteiger partial charge in [0.05, 0.1) is 16.7 Å². The first kappa shape index (κ1) is 20.6. The molecule has 0 saturated carbocycles. The molecule has 0 aliphatic heterocycles. The van der Waals surface area contributed by atoms with Gasteiger partial charge in [0.15, 0.2) is 0 Å². The maximum absolute atomic E-state index is 6.81. The molecule has 0 amide bonds. The lowest BCUT2D eigenvalue weighted by Gasteiger charge is -2.22. The van der Waals surface area contributed by atoms with E-state index in [-0.39, 0.29) is 5.41 Å². The Morgan fingerprint density at radius 2 is 1.31 bits per heavy atom. The van der Waals surface area contributed by atoms with Gasteiger partial charge in [-0.2, -0.15) is 0 Å². The van der Waals surface area contributed by atoms with E-state index in [0.717, 1.165) is 10.7 Å². The number of halogens is 1. The van der Waals surface area contributed by atoms with Gasteiger partial charge >= 0.3 is 0 Å². The molecule has 1 aromatic heterocycles. The Morgan fingerprint density at radius 1 is 0.600 bits per heavy atom. The Balaban J connectivity index is 1.60. The van der Waals surface area contributed by atoms with Crippen molar-refractivity contribution in [2.24, 2.45) is 0 Å². The van der Waals surface area contributed by atoms with Crippen molar-refractivity contribution in [1.82, 2.24) is 4.57 Å². The quantitative estimate of drug-likeness (QED) is 0.238. The summed E-state index contributed by atoms with van der Waals surface area (Å²) < 4.78 is 2.41. The molecule has 1 nitrogen and oxygen atoms in total. The normalized spacial score (nSPS) is 13.8. The van der Waals surface area contributed by atoms with E-state index in [2.05, 4.69) is 128 Å². The summed E-state index contributed by atoms with van der Waals surface area (Å²) in [6.07, 6.45) is 0. The van der Waals surface area contributed by atoms with Gasteiger partial charge in [-0.1, -0.05) is 104 Å². The van der Waals surface area contributed by atoms with Crippen molar-refractivity contribution in [2.75, 3.05) is 0 Å². The van der Waals surface area contributed by atoms with Gasteiger partial charge in [0.25, 0.3) is 0 Å². The molecule has 0 saturated heterocycles. The zero-order valence-corrected chi connectivity index (χ0v) is 20.5. The van der Waals surface area contributed by atoms with E-state index in [1.54, 1.807) is 0 Å². The number of hydrogen-bond acceptors (Lipinski definition) is 0. The molecular formula is C33H24ClN. The van der Waals surface area contributed by atoms with Crippen molar-refractivity contribution in [2.45, 2.75) is 19.3 Å². The Bertz CT molecular complexity index is 1770. The molecule has 168 valence electrons. The molecule has 0 spiro atoms. The third-order valence-electron chi connectivity index (χ3n) is 7.65. The van der Waals surface area contributed by atoms with Crippen molar-refractivity contribution in [3.8, 4) is 27.9 Å². The van der Waals surface area contributed by atoms with Crippen molar-refractivity contribution in [1.29, 1.82) is 0 Å². The van der Waals surface area contributed by atoms with E-state index in [1.807, 2.05) is 0 Å². The maximum atomic E-state index is 6.81. The molecule has 35 heavy (non-hydrogen) atoms. The molecule has 1 heterocycles. The number of para-hydroxylation sites is 1. The maximum Gasteiger partial charge on any atom is 0.0558 e. The molecule has 7 rings (SSSR count). The van der Waals surface area contributed by atoms with E-state index >= 15 is 0 Å². The molecule has 2 heteroatoms. The number of hydrogen-bond donors (Lipinski definition) is 0. The average molecular weight is 470 g/mol. The fourth-order valence-corrected chi connectivity index (χ4v) is 6.19. The number of nitrogens with zero attached hydrogens (tertiary/aromatic N) is 1. The Morgan fingerprint density at radius 3 is 2.17 bits per heavy atom. The van der Waals surface area contributed by atoms with E-state index in [9.17, 15) is 0 Å². The molecule has 1 aliphatic carbocycles. The first-order valence-corrected chi connectivity index (χ1v) is 12.4. The molecule has 0 bridgehead atoms. The monoisotopic (exact) mass is 469 g/mol. The molecule has 6 aromatic rings. The minimum atomic E-state index is -0.106. The predicted octanol–water partition coefficient (Wildman–Crippen LogP) is 9.41. The molecule has 0 atom stereocenters. The van der Waals surface area contributed by atoms with Crippen LogP contribution in [0.3, 0.4) is 0 Å². The molecule has 0 N–H and O–H groups in total. The van der Waals surface area contributed by atoms with Gasteiger partial charge in [0.1, 0.15) is 0 Å². The van der Waals surface area contributed by atoms with Crippen LogP contribution in [0.4, 0.5) is 0 Å². The molecular weight excluding hydrogens is 446 g/mol. The first-order chi connectivity index (χ1) is 17.0. The largest absolute Gasteiger partial charge is 0.309 e. The van der Waals surface area contributed by atoms with Crippen LogP contribution in [0, 0.1) is 0 Å². The zero-order chi connectivity index (χ0) is 23.7. The second-order valence-electron chi connectivity index (χ2n) is 9.97. The van der Waals surface area contributed by atoms with Gasteiger partial charge in [0.2, 0.25) is 0 Å². The highest BCUT2D eigenvalue weighted by Gasteiger charge is 2.37. The van der Waals surface area contributed by atoms with Crippen molar-refractivity contribution in [3.63, 3.8) is 0 Å². The van der Waals surface area contributed by atoms with Crippen LogP contribution >= 0.6 is 11.6 Å². The third kappa shape index (κ3) is 2.89. The summed E-state index contributed by atoms with van der Waals surface area (Å²) in [6, 6.07) is 39.2. The van der Waals surface area contributed by atoms with Gasteiger partial charge in [-0.15, -0.1) is 0 Å².